The van der Waals surface area contributed by atoms with Crippen LogP contribution in [0.5, 0.6) is 0 Å². The third kappa shape index (κ3) is 4.26. The van der Waals surface area contributed by atoms with Crippen LogP contribution >= 0.6 is 0 Å². The molecule has 0 spiro atoms. The predicted molar refractivity (Wildman–Crippen MR) is 101 cm³/mol. The molecule has 24 heavy (non-hydrogen) atoms. The van der Waals surface area contributed by atoms with Crippen LogP contribution in [0, 0.1) is 13.8 Å². The number of nitrogens with zero attached hydrogens (tertiary/aromatic N) is 1. The molecule has 0 aliphatic heterocycles. The van der Waals surface area contributed by atoms with Gasteiger partial charge in [-0.05, 0) is 70.9 Å². The van der Waals surface area contributed by atoms with E-state index in [1.54, 1.807) is 0 Å². The molecule has 2 aromatic carbocycles. The highest BCUT2D eigenvalue weighted by atomic mass is 16.5. The lowest BCUT2D eigenvalue weighted by atomic mass is 9.98. The maximum absolute atomic E-state index is 12.3. The fourth-order valence-corrected chi connectivity index (χ4v) is 2.98. The number of hydrogen-bond acceptors (Lipinski definition) is 4. The van der Waals surface area contributed by atoms with E-state index in [9.17, 15) is 4.79 Å². The van der Waals surface area contributed by atoms with Gasteiger partial charge >= 0.3 is 5.97 Å². The molecule has 0 aromatic heterocycles. The van der Waals surface area contributed by atoms with Gasteiger partial charge in [0.2, 0.25) is 0 Å². The number of nitrogens with one attached hydrogen (secondary N) is 1. The summed E-state index contributed by atoms with van der Waals surface area (Å²) in [5, 5.41) is 5.73. The summed E-state index contributed by atoms with van der Waals surface area (Å²) in [5.41, 5.74) is 3.91. The maximum Gasteiger partial charge on any atom is 0.340 e. The van der Waals surface area contributed by atoms with Crippen molar-refractivity contribution >= 4 is 22.4 Å². The van der Waals surface area contributed by atoms with E-state index in [1.807, 2.05) is 19.1 Å². The minimum Gasteiger partial charge on any atom is -0.462 e. The molecule has 0 radical (unpaired) electrons. The van der Waals surface area contributed by atoms with Gasteiger partial charge in [-0.25, -0.2) is 4.79 Å². The number of carbonyl (C=O) groups is 1. The van der Waals surface area contributed by atoms with Gasteiger partial charge in [-0.3, -0.25) is 0 Å². The number of aryl methyl sites for hydroxylation is 2. The molecule has 1 N–H and O–H groups in total. The number of benzene rings is 2. The molecule has 0 amide bonds. The van der Waals surface area contributed by atoms with E-state index in [2.05, 4.69) is 50.3 Å². The van der Waals surface area contributed by atoms with Crippen molar-refractivity contribution in [1.82, 2.24) is 4.90 Å². The van der Waals surface area contributed by atoms with Crippen LogP contribution < -0.4 is 5.32 Å². The number of ether oxygens (including phenoxy) is 1. The van der Waals surface area contributed by atoms with Gasteiger partial charge in [0.1, 0.15) is 0 Å². The zero-order valence-corrected chi connectivity index (χ0v) is 15.4. The fraction of sp³-hybridized carbons (Fsp3) is 0.450. The molecule has 0 atom stereocenters. The number of anilines is 1. The smallest absolute Gasteiger partial charge is 0.340 e. The minimum absolute atomic E-state index is 0.270. The topological polar surface area (TPSA) is 41.6 Å². The zero-order chi connectivity index (χ0) is 17.7. The van der Waals surface area contributed by atoms with Gasteiger partial charge in [0.05, 0.1) is 17.9 Å². The van der Waals surface area contributed by atoms with Gasteiger partial charge in [-0.1, -0.05) is 17.7 Å². The molecule has 0 fully saturated rings. The van der Waals surface area contributed by atoms with Crippen LogP contribution in [0.15, 0.2) is 24.3 Å². The Bertz CT molecular complexity index is 723. The summed E-state index contributed by atoms with van der Waals surface area (Å²) in [7, 11) is 4.13. The van der Waals surface area contributed by atoms with Crippen molar-refractivity contribution in [1.29, 1.82) is 0 Å². The second-order valence-electron chi connectivity index (χ2n) is 6.47. The van der Waals surface area contributed by atoms with Gasteiger partial charge in [-0.15, -0.1) is 0 Å². The van der Waals surface area contributed by atoms with Crippen molar-refractivity contribution in [3.63, 3.8) is 0 Å². The van der Waals surface area contributed by atoms with Gasteiger partial charge in [0.25, 0.3) is 0 Å². The first kappa shape index (κ1) is 18.3. The van der Waals surface area contributed by atoms with E-state index in [1.165, 1.54) is 16.5 Å². The lowest BCUT2D eigenvalue weighted by molar-refractivity contribution is 0.0527. The van der Waals surface area contributed by atoms with E-state index in [0.29, 0.717) is 12.2 Å². The predicted octanol–water partition coefficient (Wildman–Crippen LogP) is 4.00. The van der Waals surface area contributed by atoms with Crippen molar-refractivity contribution in [3.05, 3.63) is 41.0 Å². The highest BCUT2D eigenvalue weighted by Crippen LogP contribution is 2.31. The molecule has 2 aromatic rings. The third-order valence-electron chi connectivity index (χ3n) is 4.07. The monoisotopic (exact) mass is 328 g/mol. The normalized spacial score (nSPS) is 11.1. The third-order valence-corrected chi connectivity index (χ3v) is 4.07. The second kappa shape index (κ2) is 8.15. The molecule has 4 heteroatoms. The highest BCUT2D eigenvalue weighted by molar-refractivity contribution is 6.07. The standard InChI is InChI=1S/C20H28N2O2/c1-6-24-20(23)17-9-8-16-15(3)12-14(2)13-18(16)19(17)21-10-7-11-22(4)5/h8-9,12-13,21H,6-7,10-11H2,1-5H3. The van der Waals surface area contributed by atoms with Crippen LogP contribution in [0.2, 0.25) is 0 Å². The molecule has 0 bridgehead atoms. The van der Waals surface area contributed by atoms with E-state index in [4.69, 9.17) is 4.74 Å². The molecule has 4 nitrogen and oxygen atoms in total. The molecule has 0 unspecified atom stereocenters. The second-order valence-corrected chi connectivity index (χ2v) is 6.47. The summed E-state index contributed by atoms with van der Waals surface area (Å²) in [6, 6.07) is 8.19. The average Bonchev–Trinajstić information content (AvgIpc) is 2.51. The summed E-state index contributed by atoms with van der Waals surface area (Å²) in [6.07, 6.45) is 1.01. The van der Waals surface area contributed by atoms with Crippen molar-refractivity contribution in [3.8, 4) is 0 Å². The minimum atomic E-state index is -0.270. The van der Waals surface area contributed by atoms with Crippen molar-refractivity contribution in [2.75, 3.05) is 39.1 Å². The number of fused-ring (bicyclic) bond motifs is 1. The SMILES string of the molecule is CCOC(=O)c1ccc2c(C)cc(C)cc2c1NCCCN(C)C. The largest absolute Gasteiger partial charge is 0.462 e. The van der Waals surface area contributed by atoms with Gasteiger partial charge in [0.15, 0.2) is 0 Å². The Hall–Kier alpha value is -2.07. The quantitative estimate of drug-likeness (QED) is 0.616. The molecule has 0 aliphatic carbocycles. The molecule has 130 valence electrons. The van der Waals surface area contributed by atoms with E-state index < -0.39 is 0 Å². The Balaban J connectivity index is 2.43. The van der Waals surface area contributed by atoms with Crippen LogP contribution in [0.1, 0.15) is 34.8 Å². The molecule has 0 heterocycles. The molecule has 0 saturated carbocycles. The summed E-state index contributed by atoms with van der Waals surface area (Å²) >= 11 is 0. The first-order valence-electron chi connectivity index (χ1n) is 8.53. The Morgan fingerprint density at radius 3 is 2.58 bits per heavy atom. The molecular formula is C20H28N2O2. The molecule has 2 rings (SSSR count). The number of rotatable bonds is 7. The summed E-state index contributed by atoms with van der Waals surface area (Å²) < 4.78 is 5.24. The van der Waals surface area contributed by atoms with Gasteiger partial charge in [0, 0.05) is 11.9 Å². The Labute approximate surface area is 144 Å². The maximum atomic E-state index is 12.3. The molecular weight excluding hydrogens is 300 g/mol. The van der Waals surface area contributed by atoms with Crippen molar-refractivity contribution < 1.29 is 9.53 Å². The lowest BCUT2D eigenvalue weighted by Gasteiger charge is -2.17. The summed E-state index contributed by atoms with van der Waals surface area (Å²) in [6.45, 7) is 8.22. The Kier molecular flexibility index (Phi) is 6.21. The van der Waals surface area contributed by atoms with E-state index >= 15 is 0 Å². The lowest BCUT2D eigenvalue weighted by Crippen LogP contribution is -2.17. The van der Waals surface area contributed by atoms with Gasteiger partial charge in [-0.2, -0.15) is 0 Å². The van der Waals surface area contributed by atoms with Crippen LogP contribution in [0.25, 0.3) is 10.8 Å². The Morgan fingerprint density at radius 2 is 1.92 bits per heavy atom. The molecule has 0 aliphatic rings. The summed E-state index contributed by atoms with van der Waals surface area (Å²) in [5.74, 6) is -0.270. The fourth-order valence-electron chi connectivity index (χ4n) is 2.98. The zero-order valence-electron chi connectivity index (χ0n) is 15.4. The van der Waals surface area contributed by atoms with Crippen LogP contribution in [-0.2, 0) is 4.74 Å². The highest BCUT2D eigenvalue weighted by Gasteiger charge is 2.16. The number of esters is 1. The van der Waals surface area contributed by atoms with Gasteiger partial charge < -0.3 is 15.0 Å². The van der Waals surface area contributed by atoms with Crippen LogP contribution in [-0.4, -0.2) is 44.7 Å². The first-order valence-corrected chi connectivity index (χ1v) is 8.53. The Morgan fingerprint density at radius 1 is 1.17 bits per heavy atom. The number of carbonyl (C=O) groups excluding carboxylic acids is 1. The van der Waals surface area contributed by atoms with E-state index in [-0.39, 0.29) is 5.97 Å². The van der Waals surface area contributed by atoms with Crippen molar-refractivity contribution in [2.24, 2.45) is 0 Å². The average molecular weight is 328 g/mol. The summed E-state index contributed by atoms with van der Waals surface area (Å²) in [4.78, 5) is 14.5. The number of hydrogen-bond donors (Lipinski definition) is 1. The van der Waals surface area contributed by atoms with Crippen molar-refractivity contribution in [2.45, 2.75) is 27.2 Å². The van der Waals surface area contributed by atoms with Crippen LogP contribution in [0.3, 0.4) is 0 Å². The first-order chi connectivity index (χ1) is 11.4. The van der Waals surface area contributed by atoms with Crippen LogP contribution in [0.4, 0.5) is 5.69 Å². The molecule has 0 saturated heterocycles. The van der Waals surface area contributed by atoms with E-state index in [0.717, 1.165) is 30.6 Å².